The van der Waals surface area contributed by atoms with Gasteiger partial charge in [-0.2, -0.15) is 0 Å². The van der Waals surface area contributed by atoms with Crippen LogP contribution in [0.25, 0.3) is 0 Å². The van der Waals surface area contributed by atoms with Crippen LogP contribution >= 0.6 is 24.0 Å². The largest absolute Gasteiger partial charge is 0.388 e. The van der Waals surface area contributed by atoms with Crippen LogP contribution < -0.4 is 5.32 Å². The molecule has 0 bridgehead atoms. The summed E-state index contributed by atoms with van der Waals surface area (Å²) >= 11 is 0. The van der Waals surface area contributed by atoms with Crippen molar-refractivity contribution in [3.8, 4) is 0 Å². The molecule has 0 aromatic heterocycles. The summed E-state index contributed by atoms with van der Waals surface area (Å²) in [4.78, 5) is 6.72. The summed E-state index contributed by atoms with van der Waals surface area (Å²) in [6.07, 6.45) is 6.47. The van der Waals surface area contributed by atoms with Crippen LogP contribution in [0.4, 0.5) is 0 Å². The van der Waals surface area contributed by atoms with Gasteiger partial charge in [0.15, 0.2) is 5.96 Å². The highest BCUT2D eigenvalue weighted by atomic mass is 127. The Morgan fingerprint density at radius 2 is 2.05 bits per heavy atom. The smallest absolute Gasteiger partial charge is 0.193 e. The second-order valence-corrected chi connectivity index (χ2v) is 6.81. The van der Waals surface area contributed by atoms with E-state index in [2.05, 4.69) is 15.2 Å². The Labute approximate surface area is 144 Å². The maximum absolute atomic E-state index is 10.4. The van der Waals surface area contributed by atoms with Gasteiger partial charge in [-0.3, -0.25) is 4.99 Å². The summed E-state index contributed by atoms with van der Waals surface area (Å²) in [6.45, 7) is 4.50. The number of hydrogen-bond donors (Lipinski definition) is 2. The van der Waals surface area contributed by atoms with Crippen LogP contribution in [0.1, 0.15) is 38.5 Å². The summed E-state index contributed by atoms with van der Waals surface area (Å²) in [5.41, 5.74) is -0.175. The molecule has 2 N–H and O–H groups in total. The van der Waals surface area contributed by atoms with Crippen LogP contribution in [0.3, 0.4) is 0 Å². The highest BCUT2D eigenvalue weighted by Crippen LogP contribution is 2.38. The minimum Gasteiger partial charge on any atom is -0.388 e. The van der Waals surface area contributed by atoms with Gasteiger partial charge >= 0.3 is 0 Å². The molecule has 3 rings (SSSR count). The predicted molar refractivity (Wildman–Crippen MR) is 94.3 cm³/mol. The third kappa shape index (κ3) is 3.82. The summed E-state index contributed by atoms with van der Waals surface area (Å²) in [5.74, 6) is 0.939. The van der Waals surface area contributed by atoms with E-state index in [9.17, 15) is 5.11 Å². The lowest BCUT2D eigenvalue weighted by molar-refractivity contribution is 0.0516. The molecule has 0 aromatic carbocycles. The molecular formula is C15H28IN3O2. The number of aliphatic imine (C=N–C) groups is 1. The maximum atomic E-state index is 10.4. The SMILES string of the molecule is CN=C(NCC1(O)CCCC1)N1CCC2(CCOC2)C1.I. The van der Waals surface area contributed by atoms with Crippen LogP contribution in [-0.4, -0.2) is 61.5 Å². The molecule has 1 spiro atoms. The number of ether oxygens (including phenoxy) is 1. The molecule has 0 amide bonds. The van der Waals surface area contributed by atoms with E-state index in [4.69, 9.17) is 4.74 Å². The van der Waals surface area contributed by atoms with Gasteiger partial charge in [0, 0.05) is 38.7 Å². The Bertz CT molecular complexity index is 377. The minimum absolute atomic E-state index is 0. The molecule has 0 radical (unpaired) electrons. The van der Waals surface area contributed by atoms with Crippen molar-refractivity contribution in [3.05, 3.63) is 0 Å². The first-order chi connectivity index (χ1) is 9.65. The Kier molecular flexibility index (Phi) is 5.76. The van der Waals surface area contributed by atoms with Gasteiger partial charge in [-0.15, -0.1) is 24.0 Å². The molecule has 2 saturated heterocycles. The van der Waals surface area contributed by atoms with E-state index in [0.717, 1.165) is 57.9 Å². The number of guanidine groups is 1. The molecule has 21 heavy (non-hydrogen) atoms. The predicted octanol–water partition coefficient (Wildman–Crippen LogP) is 1.60. The summed E-state index contributed by atoms with van der Waals surface area (Å²) in [5, 5.41) is 13.8. The molecule has 3 aliphatic rings. The van der Waals surface area contributed by atoms with Crippen molar-refractivity contribution in [2.24, 2.45) is 10.4 Å². The van der Waals surface area contributed by atoms with E-state index >= 15 is 0 Å². The van der Waals surface area contributed by atoms with Gasteiger partial charge in [0.25, 0.3) is 0 Å². The number of hydrogen-bond acceptors (Lipinski definition) is 3. The quantitative estimate of drug-likeness (QED) is 0.413. The number of likely N-dealkylation sites (tertiary alicyclic amines) is 1. The number of aliphatic hydroxyl groups is 1. The van der Waals surface area contributed by atoms with Crippen molar-refractivity contribution in [2.45, 2.75) is 44.1 Å². The first kappa shape index (κ1) is 17.3. The van der Waals surface area contributed by atoms with Crippen molar-refractivity contribution < 1.29 is 9.84 Å². The lowest BCUT2D eigenvalue weighted by Gasteiger charge is -2.28. The topological polar surface area (TPSA) is 57.1 Å². The molecule has 1 unspecified atom stereocenters. The molecule has 122 valence electrons. The zero-order valence-electron chi connectivity index (χ0n) is 12.9. The monoisotopic (exact) mass is 409 g/mol. The third-order valence-corrected chi connectivity index (χ3v) is 5.24. The average Bonchev–Trinajstić information content (AvgIpc) is 3.16. The molecular weight excluding hydrogens is 381 g/mol. The number of rotatable bonds is 2. The van der Waals surface area contributed by atoms with Crippen LogP contribution in [0.5, 0.6) is 0 Å². The zero-order chi connectivity index (χ0) is 14.1. The van der Waals surface area contributed by atoms with E-state index in [1.54, 1.807) is 0 Å². The lowest BCUT2D eigenvalue weighted by atomic mass is 9.87. The second-order valence-electron chi connectivity index (χ2n) is 6.81. The van der Waals surface area contributed by atoms with Crippen molar-refractivity contribution in [1.29, 1.82) is 0 Å². The van der Waals surface area contributed by atoms with Gasteiger partial charge in [0.05, 0.1) is 12.2 Å². The molecule has 2 aliphatic heterocycles. The highest BCUT2D eigenvalue weighted by molar-refractivity contribution is 14.0. The first-order valence-corrected chi connectivity index (χ1v) is 7.91. The lowest BCUT2D eigenvalue weighted by Crippen LogP contribution is -2.47. The fraction of sp³-hybridized carbons (Fsp3) is 0.933. The Hall–Kier alpha value is -0.0800. The maximum Gasteiger partial charge on any atom is 0.193 e. The molecule has 5 nitrogen and oxygen atoms in total. The van der Waals surface area contributed by atoms with Crippen molar-refractivity contribution in [1.82, 2.24) is 10.2 Å². The highest BCUT2D eigenvalue weighted by Gasteiger charge is 2.42. The molecule has 1 atom stereocenters. The van der Waals surface area contributed by atoms with Crippen LogP contribution in [0.2, 0.25) is 0 Å². The van der Waals surface area contributed by atoms with Crippen LogP contribution in [0, 0.1) is 5.41 Å². The van der Waals surface area contributed by atoms with E-state index in [1.165, 1.54) is 12.8 Å². The van der Waals surface area contributed by atoms with Gasteiger partial charge in [-0.25, -0.2) is 0 Å². The summed E-state index contributed by atoms with van der Waals surface area (Å²) in [6, 6.07) is 0. The van der Waals surface area contributed by atoms with Gasteiger partial charge < -0.3 is 20.1 Å². The van der Waals surface area contributed by atoms with Gasteiger partial charge in [-0.1, -0.05) is 12.8 Å². The Morgan fingerprint density at radius 3 is 2.67 bits per heavy atom. The Balaban J connectivity index is 0.00000161. The van der Waals surface area contributed by atoms with Crippen molar-refractivity contribution in [2.75, 3.05) is 39.9 Å². The number of nitrogens with zero attached hydrogens (tertiary/aromatic N) is 2. The normalized spacial score (nSPS) is 31.7. The van der Waals surface area contributed by atoms with Gasteiger partial charge in [0.1, 0.15) is 0 Å². The molecule has 2 heterocycles. The van der Waals surface area contributed by atoms with E-state index in [-0.39, 0.29) is 24.0 Å². The van der Waals surface area contributed by atoms with Crippen molar-refractivity contribution >= 4 is 29.9 Å². The average molecular weight is 409 g/mol. The molecule has 6 heteroatoms. The number of nitrogens with one attached hydrogen (secondary N) is 1. The summed E-state index contributed by atoms with van der Waals surface area (Å²) < 4.78 is 5.57. The first-order valence-electron chi connectivity index (χ1n) is 7.91. The van der Waals surface area contributed by atoms with Crippen LogP contribution in [0.15, 0.2) is 4.99 Å². The minimum atomic E-state index is -0.524. The molecule has 3 fully saturated rings. The zero-order valence-corrected chi connectivity index (χ0v) is 15.3. The molecule has 1 saturated carbocycles. The van der Waals surface area contributed by atoms with Gasteiger partial charge in [-0.05, 0) is 25.7 Å². The summed E-state index contributed by atoms with van der Waals surface area (Å²) in [7, 11) is 1.83. The third-order valence-electron chi connectivity index (χ3n) is 5.24. The fourth-order valence-corrected chi connectivity index (χ4v) is 3.87. The van der Waals surface area contributed by atoms with E-state index < -0.39 is 5.60 Å². The van der Waals surface area contributed by atoms with Crippen molar-refractivity contribution in [3.63, 3.8) is 0 Å². The second kappa shape index (κ2) is 7.00. The molecule has 0 aromatic rings. The van der Waals surface area contributed by atoms with Gasteiger partial charge in [0.2, 0.25) is 0 Å². The standard InChI is InChI=1S/C15H27N3O2.HI/c1-16-13(17-10-15(19)4-2-3-5-15)18-8-6-14(11-18)7-9-20-12-14;/h19H,2-12H2,1H3,(H,16,17);1H. The molecule has 1 aliphatic carbocycles. The van der Waals surface area contributed by atoms with Crippen LogP contribution in [-0.2, 0) is 4.74 Å². The van der Waals surface area contributed by atoms with E-state index in [0.29, 0.717) is 12.0 Å². The Morgan fingerprint density at radius 1 is 1.29 bits per heavy atom. The number of halogens is 1. The van der Waals surface area contributed by atoms with E-state index in [1.807, 2.05) is 7.05 Å². The fourth-order valence-electron chi connectivity index (χ4n) is 3.87.